The summed E-state index contributed by atoms with van der Waals surface area (Å²) in [5.41, 5.74) is 0.204. The summed E-state index contributed by atoms with van der Waals surface area (Å²) in [6.07, 6.45) is 10.1. The van der Waals surface area contributed by atoms with E-state index in [1.54, 1.807) is 0 Å². The quantitative estimate of drug-likeness (QED) is 0.446. The topological polar surface area (TPSA) is 74.6 Å². The zero-order valence-electron chi connectivity index (χ0n) is 23.5. The Hall–Kier alpha value is -1.16. The van der Waals surface area contributed by atoms with Crippen LogP contribution in [0, 0.1) is 50.7 Å². The lowest BCUT2D eigenvalue weighted by atomic mass is 9.40. The Morgan fingerprint density at radius 3 is 2.26 bits per heavy atom. The van der Waals surface area contributed by atoms with Crippen LogP contribution in [-0.4, -0.2) is 28.1 Å². The van der Waals surface area contributed by atoms with E-state index in [0.29, 0.717) is 18.3 Å². The average Bonchev–Trinajstić information content (AvgIpc) is 2.78. The monoisotopic (exact) mass is 486 g/mol. The zero-order chi connectivity index (χ0) is 26.2. The maximum Gasteiger partial charge on any atom is 0.309 e. The van der Waals surface area contributed by atoms with Crippen molar-refractivity contribution < 1.29 is 19.8 Å². The molecule has 0 saturated heterocycles. The fraction of sp³-hybridized carbons (Fsp3) is 0.871. The van der Waals surface area contributed by atoms with Gasteiger partial charge >= 0.3 is 5.97 Å². The van der Waals surface area contributed by atoms with Gasteiger partial charge in [-0.15, -0.1) is 0 Å². The van der Waals surface area contributed by atoms with Crippen LogP contribution >= 0.6 is 0 Å². The van der Waals surface area contributed by atoms with Gasteiger partial charge in [-0.3, -0.25) is 9.59 Å². The Morgan fingerprint density at radius 1 is 1.00 bits per heavy atom. The third kappa shape index (κ3) is 3.87. The first kappa shape index (κ1) is 26.9. The van der Waals surface area contributed by atoms with E-state index in [2.05, 4.69) is 48.5 Å². The number of aliphatic hydroxyl groups excluding tert-OH is 1. The lowest BCUT2D eigenvalue weighted by molar-refractivity contribution is -0.155. The number of aliphatic hydroxyl groups is 1. The first-order valence-corrected chi connectivity index (χ1v) is 14.2. The number of allylic oxidation sites excluding steroid dienone is 2. The molecule has 198 valence electrons. The van der Waals surface area contributed by atoms with E-state index in [9.17, 15) is 19.8 Å². The lowest BCUT2D eigenvalue weighted by Gasteiger charge is -2.63. The number of aliphatic carboxylic acids is 1. The molecule has 4 aliphatic carbocycles. The Kier molecular flexibility index (Phi) is 6.48. The third-order valence-electron chi connectivity index (χ3n) is 12.8. The summed E-state index contributed by atoms with van der Waals surface area (Å²) in [6, 6.07) is 0. The van der Waals surface area contributed by atoms with Crippen LogP contribution in [0.3, 0.4) is 0 Å². The van der Waals surface area contributed by atoms with Crippen molar-refractivity contribution in [3.8, 4) is 0 Å². The van der Waals surface area contributed by atoms with Crippen molar-refractivity contribution in [2.24, 2.45) is 50.7 Å². The number of carboxylic acids is 1. The molecule has 0 aromatic carbocycles. The first-order valence-electron chi connectivity index (χ1n) is 14.2. The second-order valence-electron chi connectivity index (χ2n) is 14.8. The van der Waals surface area contributed by atoms with Crippen molar-refractivity contribution in [2.75, 3.05) is 0 Å². The summed E-state index contributed by atoms with van der Waals surface area (Å²) in [7, 11) is 0. The van der Waals surface area contributed by atoms with E-state index in [0.717, 1.165) is 51.4 Å². The molecule has 4 rings (SSSR count). The fourth-order valence-electron chi connectivity index (χ4n) is 9.10. The molecule has 4 heteroatoms. The predicted molar refractivity (Wildman–Crippen MR) is 140 cm³/mol. The van der Waals surface area contributed by atoms with Gasteiger partial charge in [0, 0.05) is 5.92 Å². The summed E-state index contributed by atoms with van der Waals surface area (Å²) in [6.45, 7) is 17.9. The van der Waals surface area contributed by atoms with Crippen LogP contribution in [0.25, 0.3) is 0 Å². The van der Waals surface area contributed by atoms with E-state index < -0.39 is 11.4 Å². The van der Waals surface area contributed by atoms with Crippen LogP contribution in [0.4, 0.5) is 0 Å². The molecule has 2 N–H and O–H groups in total. The van der Waals surface area contributed by atoms with Crippen molar-refractivity contribution in [1.29, 1.82) is 0 Å². The van der Waals surface area contributed by atoms with Crippen LogP contribution in [-0.2, 0) is 9.59 Å². The number of carbonyl (C=O) groups is 2. The van der Waals surface area contributed by atoms with E-state index in [4.69, 9.17) is 0 Å². The van der Waals surface area contributed by atoms with Crippen molar-refractivity contribution >= 4 is 11.8 Å². The molecule has 0 heterocycles. The van der Waals surface area contributed by atoms with Gasteiger partial charge in [0.25, 0.3) is 0 Å². The summed E-state index contributed by atoms with van der Waals surface area (Å²) in [5.74, 6) is 0.627. The van der Waals surface area contributed by atoms with Crippen LogP contribution in [0.5, 0.6) is 0 Å². The highest BCUT2D eigenvalue weighted by molar-refractivity contribution is 5.94. The van der Waals surface area contributed by atoms with E-state index in [1.165, 1.54) is 5.57 Å². The summed E-state index contributed by atoms with van der Waals surface area (Å²) >= 11 is 0. The lowest BCUT2D eigenvalue weighted by Crippen LogP contribution is -2.57. The molecule has 3 saturated carbocycles. The predicted octanol–water partition coefficient (Wildman–Crippen LogP) is 7.05. The number of carboxylic acid groups (broad SMARTS) is 1. The maximum absolute atomic E-state index is 13.5. The molecule has 35 heavy (non-hydrogen) atoms. The molecule has 0 amide bonds. The Morgan fingerprint density at radius 2 is 1.63 bits per heavy atom. The molecule has 0 unspecified atom stereocenters. The Bertz CT molecular complexity index is 919. The third-order valence-corrected chi connectivity index (χ3v) is 12.8. The molecule has 0 spiro atoms. The van der Waals surface area contributed by atoms with Gasteiger partial charge in [-0.1, -0.05) is 54.0 Å². The largest absolute Gasteiger partial charge is 0.481 e. The average molecular weight is 487 g/mol. The molecule has 0 aromatic heterocycles. The van der Waals surface area contributed by atoms with Crippen molar-refractivity contribution in [1.82, 2.24) is 0 Å². The van der Waals surface area contributed by atoms with Crippen LogP contribution in [0.1, 0.15) is 113 Å². The summed E-state index contributed by atoms with van der Waals surface area (Å²) in [4.78, 5) is 25.8. The molecule has 0 aromatic rings. The van der Waals surface area contributed by atoms with Gasteiger partial charge in [0.1, 0.15) is 0 Å². The molecule has 0 bridgehead atoms. The number of fused-ring (bicyclic) bond motifs is 3. The molecule has 0 radical (unpaired) electrons. The smallest absolute Gasteiger partial charge is 0.309 e. The second kappa shape index (κ2) is 8.43. The van der Waals surface area contributed by atoms with E-state index >= 15 is 0 Å². The van der Waals surface area contributed by atoms with Gasteiger partial charge in [0.05, 0.1) is 11.5 Å². The second-order valence-corrected chi connectivity index (χ2v) is 14.8. The fourth-order valence-corrected chi connectivity index (χ4v) is 9.10. The molecule has 3 fully saturated rings. The highest BCUT2D eigenvalue weighted by Gasteiger charge is 2.62. The van der Waals surface area contributed by atoms with Crippen molar-refractivity contribution in [3.63, 3.8) is 0 Å². The first-order chi connectivity index (χ1) is 16.0. The number of rotatable bonds is 4. The molecule has 4 nitrogen and oxygen atoms in total. The number of ketones is 1. The normalized spacial score (nSPS) is 49.6. The zero-order valence-corrected chi connectivity index (χ0v) is 23.5. The highest BCUT2D eigenvalue weighted by atomic mass is 16.4. The number of hydrogen-bond acceptors (Lipinski definition) is 3. The van der Waals surface area contributed by atoms with Gasteiger partial charge in [0.2, 0.25) is 0 Å². The van der Waals surface area contributed by atoms with Gasteiger partial charge in [-0.05, 0) is 110 Å². The van der Waals surface area contributed by atoms with E-state index in [-0.39, 0.29) is 45.4 Å². The van der Waals surface area contributed by atoms with Gasteiger partial charge in [-0.2, -0.15) is 0 Å². The highest BCUT2D eigenvalue weighted by Crippen LogP contribution is 2.69. The molecule has 0 aliphatic heterocycles. The molecular weight excluding hydrogens is 436 g/mol. The van der Waals surface area contributed by atoms with Crippen molar-refractivity contribution in [3.05, 3.63) is 11.6 Å². The maximum atomic E-state index is 13.5. The molecule has 9 atom stereocenters. The van der Waals surface area contributed by atoms with Gasteiger partial charge in [0.15, 0.2) is 5.78 Å². The number of carbonyl (C=O) groups excluding carboxylic acids is 1. The van der Waals surface area contributed by atoms with Gasteiger partial charge < -0.3 is 10.2 Å². The minimum Gasteiger partial charge on any atom is -0.481 e. The van der Waals surface area contributed by atoms with Crippen LogP contribution in [0.15, 0.2) is 11.6 Å². The minimum absolute atomic E-state index is 0.0537. The molecular formula is C31H50O4. The minimum atomic E-state index is -0.719. The Labute approximate surface area is 213 Å². The molecule has 4 aliphatic rings. The van der Waals surface area contributed by atoms with Crippen molar-refractivity contribution in [2.45, 2.75) is 119 Å². The van der Waals surface area contributed by atoms with Crippen LogP contribution in [0.2, 0.25) is 0 Å². The van der Waals surface area contributed by atoms with Crippen LogP contribution < -0.4 is 0 Å². The standard InChI is InChI=1S/C31H50O4/c1-19-9-10-25(33)27(3,4)21(19)11-12-30(7)20(2)24(32)17-22-23-18-29(6,26(34)35)14-13-28(23,5)15-16-31(22,30)8/h17,19-21,23,25,33H,9-16,18H2,1-8H3,(H,34,35)/t19-,20+,21-,23+,25+,28-,29+,30-,31-/m1/s1. The summed E-state index contributed by atoms with van der Waals surface area (Å²) < 4.78 is 0. The van der Waals surface area contributed by atoms with E-state index in [1.807, 2.05) is 13.0 Å². The Balaban J connectivity index is 1.69. The number of hydrogen-bond donors (Lipinski definition) is 2. The van der Waals surface area contributed by atoms with Gasteiger partial charge in [-0.25, -0.2) is 0 Å². The summed E-state index contributed by atoms with van der Waals surface area (Å²) in [5, 5.41) is 20.8. The SMILES string of the molecule is C[C@@H]1CC[C@H](O)C(C)(C)[C@@H]1CC[C@]1(C)[C@@H](C)C(=O)C=C2[C@@H]3C[C@@](C)(C(=O)O)CC[C@]3(C)CC[C@]21C.